The molecule has 0 aliphatic heterocycles. The standard InChI is InChI=1S/C4H9NO2S.Na.H2S/c5-3(1-2-8)4(6)7;;/h3,8H,1-2,5H2,(H,6,7);;1H2/q;+1;/p-1/t3-;;/m1../s1. The number of thiol groups is 2. The molecular weight excluding hydrogens is 181 g/mol. The Hall–Kier alpha value is 1.13. The van der Waals surface area contributed by atoms with Crippen molar-refractivity contribution in [3.05, 3.63) is 0 Å². The molecule has 0 bridgehead atoms. The van der Waals surface area contributed by atoms with Crippen LogP contribution in [-0.2, 0) is 18.3 Å². The van der Waals surface area contributed by atoms with Crippen LogP contribution in [0.15, 0.2) is 0 Å². The molecule has 0 aromatic carbocycles. The van der Waals surface area contributed by atoms with E-state index in [2.05, 4.69) is 12.6 Å². The number of carbonyl (C=O) groups is 1. The molecule has 3 nitrogen and oxygen atoms in total. The molecular formula is C4H10NNaO2S2. The molecule has 56 valence electrons. The minimum Gasteiger partial charge on any atom is -0.813 e. The predicted molar refractivity (Wildman–Crippen MR) is 42.8 cm³/mol. The molecule has 10 heavy (non-hydrogen) atoms. The second kappa shape index (κ2) is 10.1. The van der Waals surface area contributed by atoms with Crippen molar-refractivity contribution < 1.29 is 39.5 Å². The molecule has 0 heterocycles. The van der Waals surface area contributed by atoms with E-state index in [1.54, 1.807) is 0 Å². The van der Waals surface area contributed by atoms with Crippen molar-refractivity contribution in [2.75, 3.05) is 5.75 Å². The summed E-state index contributed by atoms with van der Waals surface area (Å²) < 4.78 is 0. The Morgan fingerprint density at radius 2 is 2.10 bits per heavy atom. The van der Waals surface area contributed by atoms with E-state index in [0.29, 0.717) is 12.2 Å². The van der Waals surface area contributed by atoms with E-state index >= 15 is 0 Å². The molecule has 0 radical (unpaired) electrons. The van der Waals surface area contributed by atoms with Gasteiger partial charge >= 0.3 is 35.5 Å². The van der Waals surface area contributed by atoms with E-state index in [0.717, 1.165) is 0 Å². The van der Waals surface area contributed by atoms with Crippen LogP contribution in [0.4, 0.5) is 0 Å². The van der Waals surface area contributed by atoms with Gasteiger partial charge in [-0.25, -0.2) is 0 Å². The maximum absolute atomic E-state index is 9.93. The summed E-state index contributed by atoms with van der Waals surface area (Å²) in [6.07, 6.45) is 0.429. The minimum atomic E-state index is -0.959. The first-order valence-electron chi connectivity index (χ1n) is 2.27. The molecule has 0 fully saturated rings. The Kier molecular flexibility index (Phi) is 17.5. The summed E-state index contributed by atoms with van der Waals surface area (Å²) in [5.41, 5.74) is 5.08. The summed E-state index contributed by atoms with van der Waals surface area (Å²) in [6, 6.07) is -0.743. The van der Waals surface area contributed by atoms with E-state index in [9.17, 15) is 4.79 Å². The summed E-state index contributed by atoms with van der Waals surface area (Å²) in [4.78, 5) is 9.93. The largest absolute Gasteiger partial charge is 1.00 e. The van der Waals surface area contributed by atoms with Crippen LogP contribution in [-0.4, -0.2) is 22.9 Å². The third-order valence-electron chi connectivity index (χ3n) is 0.757. The van der Waals surface area contributed by atoms with Gasteiger partial charge in [0.15, 0.2) is 0 Å². The summed E-state index contributed by atoms with van der Waals surface area (Å²) in [5, 5.41) is 8.15. The molecule has 1 atom stereocenters. The molecule has 3 N–H and O–H groups in total. The Labute approximate surface area is 94.9 Å². The van der Waals surface area contributed by atoms with Gasteiger partial charge in [-0.15, -0.1) is 0 Å². The van der Waals surface area contributed by atoms with Crippen LogP contribution in [0.1, 0.15) is 6.42 Å². The van der Waals surface area contributed by atoms with Crippen LogP contribution in [0.3, 0.4) is 0 Å². The van der Waals surface area contributed by atoms with Gasteiger partial charge in [0.25, 0.3) is 0 Å². The second-order valence-corrected chi connectivity index (χ2v) is 1.90. The van der Waals surface area contributed by atoms with Crippen molar-refractivity contribution in [3.8, 4) is 0 Å². The van der Waals surface area contributed by atoms with Gasteiger partial charge in [-0.05, 0) is 12.2 Å². The zero-order valence-corrected chi connectivity index (χ0v) is 9.61. The number of nitrogens with two attached hydrogens (primary N) is 1. The smallest absolute Gasteiger partial charge is 0.813 e. The van der Waals surface area contributed by atoms with Gasteiger partial charge in [0, 0.05) is 0 Å². The minimum absolute atomic E-state index is 0. The first kappa shape index (κ1) is 17.3. The van der Waals surface area contributed by atoms with Gasteiger partial charge in [-0.2, -0.15) is 12.6 Å². The number of aliphatic carboxylic acids is 1. The van der Waals surface area contributed by atoms with Crippen LogP contribution < -0.4 is 35.3 Å². The summed E-state index contributed by atoms with van der Waals surface area (Å²) >= 11 is 3.81. The Balaban J connectivity index is -0.000000245. The van der Waals surface area contributed by atoms with Gasteiger partial charge in [0.1, 0.15) is 6.04 Å². The van der Waals surface area contributed by atoms with Crippen LogP contribution in [0.5, 0.6) is 0 Å². The van der Waals surface area contributed by atoms with Crippen LogP contribution in [0, 0.1) is 0 Å². The number of rotatable bonds is 3. The molecule has 0 spiro atoms. The number of hydrogen-bond donors (Lipinski definition) is 3. The van der Waals surface area contributed by atoms with Gasteiger partial charge in [0.05, 0.1) is 0 Å². The SMILES string of the molecule is N[C@H](CCS)C(=O)O.[Na+].[SH-]. The summed E-state index contributed by atoms with van der Waals surface area (Å²) in [6.45, 7) is 0. The van der Waals surface area contributed by atoms with Crippen LogP contribution in [0.25, 0.3) is 0 Å². The Morgan fingerprint density at radius 3 is 2.20 bits per heavy atom. The first-order valence-corrected chi connectivity index (χ1v) is 2.91. The molecule has 0 unspecified atom stereocenters. The first-order chi connectivity index (χ1) is 3.68. The number of carboxylic acids is 1. The van der Waals surface area contributed by atoms with E-state index in [1.807, 2.05) is 0 Å². The molecule has 0 aromatic rings. The van der Waals surface area contributed by atoms with Crippen molar-refractivity contribution >= 4 is 32.1 Å². The second-order valence-electron chi connectivity index (χ2n) is 1.46. The molecule has 0 aliphatic rings. The monoisotopic (exact) mass is 191 g/mol. The Morgan fingerprint density at radius 1 is 1.70 bits per heavy atom. The van der Waals surface area contributed by atoms with Crippen molar-refractivity contribution in [1.29, 1.82) is 0 Å². The maximum atomic E-state index is 9.93. The molecule has 6 heteroatoms. The number of carboxylic acid groups (broad SMARTS) is 1. The fourth-order valence-electron chi connectivity index (χ4n) is 0.263. The zero-order chi connectivity index (χ0) is 6.57. The normalized spacial score (nSPS) is 10.6. The predicted octanol–water partition coefficient (Wildman–Crippen LogP) is -3.55. The van der Waals surface area contributed by atoms with Crippen molar-refractivity contribution in [2.24, 2.45) is 5.73 Å². The van der Waals surface area contributed by atoms with Crippen LogP contribution >= 0.6 is 12.6 Å². The average molecular weight is 191 g/mol. The van der Waals surface area contributed by atoms with Crippen molar-refractivity contribution in [1.82, 2.24) is 0 Å². The fourth-order valence-corrected chi connectivity index (χ4v) is 0.541. The molecule has 0 aliphatic carbocycles. The number of hydrogen-bond acceptors (Lipinski definition) is 4. The quantitative estimate of drug-likeness (QED) is 0.245. The topological polar surface area (TPSA) is 63.3 Å². The average Bonchev–Trinajstić information content (AvgIpc) is 1.67. The summed E-state index contributed by atoms with van der Waals surface area (Å²) in [5.74, 6) is -0.438. The fraction of sp³-hybridized carbons (Fsp3) is 0.750. The third-order valence-corrected chi connectivity index (χ3v) is 1.02. The van der Waals surface area contributed by atoms with E-state index in [-0.39, 0.29) is 43.1 Å². The maximum Gasteiger partial charge on any atom is 1.00 e. The van der Waals surface area contributed by atoms with Crippen molar-refractivity contribution in [2.45, 2.75) is 12.5 Å². The van der Waals surface area contributed by atoms with Gasteiger partial charge in [-0.3, -0.25) is 4.79 Å². The molecule has 0 amide bonds. The molecule has 0 saturated carbocycles. The van der Waals surface area contributed by atoms with Gasteiger partial charge in [0.2, 0.25) is 0 Å². The molecule has 0 saturated heterocycles. The van der Waals surface area contributed by atoms with E-state index < -0.39 is 12.0 Å². The zero-order valence-electron chi connectivity index (χ0n) is 5.82. The third kappa shape index (κ3) is 9.13. The van der Waals surface area contributed by atoms with Crippen molar-refractivity contribution in [3.63, 3.8) is 0 Å². The van der Waals surface area contributed by atoms with E-state index in [1.165, 1.54) is 0 Å². The molecule has 0 aromatic heterocycles. The van der Waals surface area contributed by atoms with E-state index in [4.69, 9.17) is 10.8 Å². The summed E-state index contributed by atoms with van der Waals surface area (Å²) in [7, 11) is 0. The van der Waals surface area contributed by atoms with Gasteiger partial charge < -0.3 is 24.3 Å². The Bertz CT molecular complexity index is 93.3. The molecule has 0 rings (SSSR count). The van der Waals surface area contributed by atoms with Crippen LogP contribution in [0.2, 0.25) is 0 Å². The van der Waals surface area contributed by atoms with Gasteiger partial charge in [-0.1, -0.05) is 0 Å².